The van der Waals surface area contributed by atoms with Crippen LogP contribution in [0.3, 0.4) is 0 Å². The number of carbonyl (C=O) groups is 1. The average Bonchev–Trinajstić information content (AvgIpc) is 2.14. The summed E-state index contributed by atoms with van der Waals surface area (Å²) in [7, 11) is 0. The van der Waals surface area contributed by atoms with Gasteiger partial charge in [0.25, 0.3) is 0 Å². The summed E-state index contributed by atoms with van der Waals surface area (Å²) in [6, 6.07) is 2.84. The lowest BCUT2D eigenvalue weighted by Crippen LogP contribution is -2.04. The third kappa shape index (κ3) is 3.54. The third-order valence-corrected chi connectivity index (χ3v) is 2.18. The van der Waals surface area contributed by atoms with E-state index in [1.807, 2.05) is 0 Å². The summed E-state index contributed by atoms with van der Waals surface area (Å²) < 4.78 is 36.8. The lowest BCUT2D eigenvalue weighted by atomic mass is 10.1. The lowest BCUT2D eigenvalue weighted by Gasteiger charge is -2.07. The highest BCUT2D eigenvalue weighted by Gasteiger charge is 2.30. The minimum atomic E-state index is -4.44. The average molecular weight is 269 g/mol. The number of alkyl halides is 3. The Kier molecular flexibility index (Phi) is 3.99. The first kappa shape index (κ1) is 13.1. The molecule has 0 N–H and O–H groups in total. The van der Waals surface area contributed by atoms with Crippen LogP contribution in [0.4, 0.5) is 13.2 Å². The molecule has 0 atom stereocenters. The van der Waals surface area contributed by atoms with Gasteiger partial charge < -0.3 is 0 Å². The summed E-state index contributed by atoms with van der Waals surface area (Å²) in [6.45, 7) is 0. The lowest BCUT2D eigenvalue weighted by molar-refractivity contribution is -0.137. The highest BCUT2D eigenvalue weighted by atomic mass is 35.5. The molecule has 0 saturated heterocycles. The zero-order valence-electron chi connectivity index (χ0n) is 7.68. The molecule has 0 aromatic heterocycles. The molecule has 0 radical (unpaired) electrons. The molecule has 0 bridgehead atoms. The highest BCUT2D eigenvalue weighted by molar-refractivity contribution is 6.66. The number of benzene rings is 1. The van der Waals surface area contributed by atoms with E-state index < -0.39 is 17.0 Å². The second kappa shape index (κ2) is 4.89. The summed E-state index contributed by atoms with van der Waals surface area (Å²) in [6.07, 6.45) is -2.18. The Morgan fingerprint density at radius 1 is 1.31 bits per heavy atom. The van der Waals surface area contributed by atoms with E-state index >= 15 is 0 Å². The summed E-state index contributed by atoms with van der Waals surface area (Å²) in [4.78, 5) is 10.4. The van der Waals surface area contributed by atoms with Gasteiger partial charge in [0.2, 0.25) is 5.24 Å². The fourth-order valence-corrected chi connectivity index (χ4v) is 1.30. The maximum atomic E-state index is 12.3. The molecule has 0 saturated carbocycles. The molecule has 1 aromatic carbocycles. The van der Waals surface area contributed by atoms with Crippen molar-refractivity contribution in [3.8, 4) is 0 Å². The molecule has 0 aliphatic carbocycles. The summed E-state index contributed by atoms with van der Waals surface area (Å²) in [5.41, 5.74) is -0.546. The van der Waals surface area contributed by atoms with Crippen LogP contribution in [0.15, 0.2) is 24.3 Å². The first-order valence-corrected chi connectivity index (χ1v) is 4.80. The maximum Gasteiger partial charge on any atom is 0.416 e. The molecule has 0 heterocycles. The molecular weight excluding hydrogens is 264 g/mol. The molecule has 0 amide bonds. The second-order valence-corrected chi connectivity index (χ2v) is 3.65. The Balaban J connectivity index is 3.05. The predicted octanol–water partition coefficient (Wildman–Crippen LogP) is 4.14. The molecule has 1 nitrogen and oxygen atoms in total. The topological polar surface area (TPSA) is 17.1 Å². The van der Waals surface area contributed by atoms with Crippen LogP contribution in [0.25, 0.3) is 6.08 Å². The second-order valence-electron chi connectivity index (χ2n) is 2.87. The Morgan fingerprint density at radius 3 is 2.38 bits per heavy atom. The van der Waals surface area contributed by atoms with Gasteiger partial charge in [0.1, 0.15) is 0 Å². The fraction of sp³-hybridized carbons (Fsp3) is 0.100. The van der Waals surface area contributed by atoms with Crippen LogP contribution in [-0.2, 0) is 11.0 Å². The van der Waals surface area contributed by atoms with Crippen LogP contribution < -0.4 is 0 Å². The van der Waals surface area contributed by atoms with Gasteiger partial charge in [-0.25, -0.2) is 0 Å². The van der Waals surface area contributed by atoms with Crippen molar-refractivity contribution in [2.75, 3.05) is 0 Å². The van der Waals surface area contributed by atoms with E-state index in [1.54, 1.807) is 0 Å². The Labute approximate surface area is 99.5 Å². The van der Waals surface area contributed by atoms with Crippen molar-refractivity contribution in [1.82, 2.24) is 0 Å². The number of carbonyl (C=O) groups excluding carboxylic acids is 1. The van der Waals surface area contributed by atoms with Gasteiger partial charge in [-0.05, 0) is 41.4 Å². The zero-order chi connectivity index (χ0) is 12.3. The maximum absolute atomic E-state index is 12.3. The van der Waals surface area contributed by atoms with E-state index in [0.717, 1.165) is 18.2 Å². The van der Waals surface area contributed by atoms with E-state index in [4.69, 9.17) is 23.2 Å². The number of rotatable bonds is 2. The molecule has 0 unspecified atom stereocenters. The van der Waals surface area contributed by atoms with Crippen LogP contribution in [0.2, 0.25) is 5.02 Å². The predicted molar refractivity (Wildman–Crippen MR) is 56.3 cm³/mol. The van der Waals surface area contributed by atoms with E-state index in [0.29, 0.717) is 5.56 Å². The van der Waals surface area contributed by atoms with Crippen molar-refractivity contribution < 1.29 is 18.0 Å². The smallest absolute Gasteiger partial charge is 0.276 e. The van der Waals surface area contributed by atoms with E-state index in [9.17, 15) is 18.0 Å². The number of hydrogen-bond donors (Lipinski definition) is 0. The Bertz CT molecular complexity index is 438. The molecule has 0 aliphatic heterocycles. The van der Waals surface area contributed by atoms with Crippen LogP contribution in [-0.4, -0.2) is 5.24 Å². The largest absolute Gasteiger partial charge is 0.416 e. The molecule has 1 aromatic rings. The molecule has 86 valence electrons. The number of hydrogen-bond acceptors (Lipinski definition) is 1. The molecule has 0 aliphatic rings. The van der Waals surface area contributed by atoms with Crippen LogP contribution in [0.1, 0.15) is 11.1 Å². The summed E-state index contributed by atoms with van der Waals surface area (Å²) in [5.74, 6) is 0. The van der Waals surface area contributed by atoms with Crippen LogP contribution >= 0.6 is 23.2 Å². The van der Waals surface area contributed by atoms with Crippen LogP contribution in [0, 0.1) is 0 Å². The normalized spacial score (nSPS) is 12.1. The Morgan fingerprint density at radius 2 is 1.94 bits per heavy atom. The molecule has 0 fully saturated rings. The first-order chi connectivity index (χ1) is 7.30. The van der Waals surface area contributed by atoms with Gasteiger partial charge in [0, 0.05) is 5.02 Å². The molecule has 16 heavy (non-hydrogen) atoms. The molecule has 1 rings (SSSR count). The first-order valence-electron chi connectivity index (χ1n) is 4.05. The summed E-state index contributed by atoms with van der Waals surface area (Å²) in [5, 5.41) is -0.819. The van der Waals surface area contributed by atoms with E-state index in [1.165, 1.54) is 12.1 Å². The standard InChI is InChI=1S/C10H5Cl2F3O/c11-8-5-7(10(13,14)15)3-1-6(8)2-4-9(12)16/h1-5H. The van der Waals surface area contributed by atoms with Crippen LogP contribution in [0.5, 0.6) is 0 Å². The van der Waals surface area contributed by atoms with Gasteiger partial charge in [-0.2, -0.15) is 13.2 Å². The summed E-state index contributed by atoms with van der Waals surface area (Å²) >= 11 is 10.6. The highest BCUT2D eigenvalue weighted by Crippen LogP contribution is 2.32. The number of halogens is 5. The molecule has 0 spiro atoms. The quantitative estimate of drug-likeness (QED) is 0.582. The SMILES string of the molecule is O=C(Cl)C=Cc1ccc(C(F)(F)F)cc1Cl. The van der Waals surface area contributed by atoms with Gasteiger partial charge in [0.05, 0.1) is 5.56 Å². The van der Waals surface area contributed by atoms with Gasteiger partial charge in [-0.3, -0.25) is 4.79 Å². The molecule has 6 heteroatoms. The van der Waals surface area contributed by atoms with E-state index in [2.05, 4.69) is 0 Å². The van der Waals surface area contributed by atoms with Crippen molar-refractivity contribution in [3.05, 3.63) is 40.4 Å². The van der Waals surface area contributed by atoms with Gasteiger partial charge >= 0.3 is 6.18 Å². The number of allylic oxidation sites excluding steroid dienone is 1. The van der Waals surface area contributed by atoms with Crippen molar-refractivity contribution in [2.45, 2.75) is 6.18 Å². The third-order valence-electron chi connectivity index (χ3n) is 1.72. The van der Waals surface area contributed by atoms with Gasteiger partial charge in [-0.15, -0.1) is 0 Å². The molecular formula is C10H5Cl2F3O. The van der Waals surface area contributed by atoms with E-state index in [-0.39, 0.29) is 5.02 Å². The van der Waals surface area contributed by atoms with Crippen molar-refractivity contribution in [3.63, 3.8) is 0 Å². The van der Waals surface area contributed by atoms with Gasteiger partial charge in [-0.1, -0.05) is 17.7 Å². The fourth-order valence-electron chi connectivity index (χ4n) is 0.994. The minimum absolute atomic E-state index is 0.0935. The van der Waals surface area contributed by atoms with Crippen molar-refractivity contribution >= 4 is 34.5 Å². The Hall–Kier alpha value is -1.00. The zero-order valence-corrected chi connectivity index (χ0v) is 9.20. The minimum Gasteiger partial charge on any atom is -0.276 e. The van der Waals surface area contributed by atoms with Crippen molar-refractivity contribution in [1.29, 1.82) is 0 Å². The van der Waals surface area contributed by atoms with Gasteiger partial charge in [0.15, 0.2) is 0 Å². The monoisotopic (exact) mass is 268 g/mol. The van der Waals surface area contributed by atoms with Crippen molar-refractivity contribution in [2.24, 2.45) is 0 Å².